The molecule has 96 valence electrons. The predicted octanol–water partition coefficient (Wildman–Crippen LogP) is 4.33. The van der Waals surface area contributed by atoms with E-state index < -0.39 is 0 Å². The molecule has 1 N–H and O–H groups in total. The summed E-state index contributed by atoms with van der Waals surface area (Å²) < 4.78 is 0. The second-order valence-electron chi connectivity index (χ2n) is 5.36. The standard InChI is InChI=1S/C14H15Cl2NO/c1-14(2,3)12-4-8(7-18)13-10(16)5-9(15)6-11(13)17-12/h4-6,18H,7H2,1-3H3. The lowest BCUT2D eigenvalue weighted by atomic mass is 9.90. The van der Waals surface area contributed by atoms with E-state index in [4.69, 9.17) is 23.2 Å². The smallest absolute Gasteiger partial charge is 0.0739 e. The number of benzene rings is 1. The molecule has 0 radical (unpaired) electrons. The highest BCUT2D eigenvalue weighted by Crippen LogP contribution is 2.32. The van der Waals surface area contributed by atoms with Crippen LogP contribution in [0.4, 0.5) is 0 Å². The summed E-state index contributed by atoms with van der Waals surface area (Å²) in [5.41, 5.74) is 2.33. The highest BCUT2D eigenvalue weighted by molar-refractivity contribution is 6.38. The minimum Gasteiger partial charge on any atom is -0.392 e. The molecule has 0 saturated carbocycles. The first-order chi connectivity index (χ1) is 8.32. The van der Waals surface area contributed by atoms with Crippen LogP contribution in [0.1, 0.15) is 32.0 Å². The molecular weight excluding hydrogens is 269 g/mol. The molecule has 0 aliphatic carbocycles. The van der Waals surface area contributed by atoms with Crippen LogP contribution in [0, 0.1) is 0 Å². The van der Waals surface area contributed by atoms with E-state index in [1.54, 1.807) is 12.1 Å². The Labute approximate surface area is 117 Å². The van der Waals surface area contributed by atoms with E-state index in [0.717, 1.165) is 22.2 Å². The van der Waals surface area contributed by atoms with Gasteiger partial charge in [-0.05, 0) is 23.8 Å². The fourth-order valence-corrected chi connectivity index (χ4v) is 2.48. The second-order valence-corrected chi connectivity index (χ2v) is 6.20. The Hall–Kier alpha value is -0.830. The average molecular weight is 284 g/mol. The van der Waals surface area contributed by atoms with E-state index in [-0.39, 0.29) is 12.0 Å². The third kappa shape index (κ3) is 2.46. The van der Waals surface area contributed by atoms with Crippen molar-refractivity contribution in [3.05, 3.63) is 39.5 Å². The highest BCUT2D eigenvalue weighted by Gasteiger charge is 2.18. The summed E-state index contributed by atoms with van der Waals surface area (Å²) in [4.78, 5) is 4.60. The number of rotatable bonds is 1. The summed E-state index contributed by atoms with van der Waals surface area (Å²) in [6.07, 6.45) is 0. The normalized spacial score (nSPS) is 12.1. The topological polar surface area (TPSA) is 33.1 Å². The molecule has 4 heteroatoms. The number of aliphatic hydroxyl groups is 1. The molecule has 2 rings (SSSR count). The van der Waals surface area contributed by atoms with Crippen LogP contribution in [0.3, 0.4) is 0 Å². The van der Waals surface area contributed by atoms with Crippen molar-refractivity contribution in [3.8, 4) is 0 Å². The fraction of sp³-hybridized carbons (Fsp3) is 0.357. The van der Waals surface area contributed by atoms with E-state index in [0.29, 0.717) is 10.0 Å². The van der Waals surface area contributed by atoms with Crippen LogP contribution in [0.15, 0.2) is 18.2 Å². The summed E-state index contributed by atoms with van der Waals surface area (Å²) >= 11 is 12.2. The summed E-state index contributed by atoms with van der Waals surface area (Å²) in [6, 6.07) is 5.35. The lowest BCUT2D eigenvalue weighted by Gasteiger charge is -2.20. The molecule has 0 bridgehead atoms. The van der Waals surface area contributed by atoms with E-state index in [9.17, 15) is 5.11 Å². The van der Waals surface area contributed by atoms with Crippen molar-refractivity contribution in [2.45, 2.75) is 32.8 Å². The summed E-state index contributed by atoms with van der Waals surface area (Å²) in [6.45, 7) is 6.17. The molecule has 0 aliphatic heterocycles. The third-order valence-corrected chi connectivity index (χ3v) is 3.36. The van der Waals surface area contributed by atoms with E-state index in [1.165, 1.54) is 0 Å². The molecule has 0 spiro atoms. The predicted molar refractivity (Wildman–Crippen MR) is 76.4 cm³/mol. The monoisotopic (exact) mass is 283 g/mol. The van der Waals surface area contributed by atoms with Crippen molar-refractivity contribution in [1.82, 2.24) is 4.98 Å². The maximum Gasteiger partial charge on any atom is 0.0739 e. The molecule has 1 aromatic carbocycles. The zero-order chi connectivity index (χ0) is 13.5. The van der Waals surface area contributed by atoms with E-state index in [1.807, 2.05) is 6.07 Å². The van der Waals surface area contributed by atoms with Crippen molar-refractivity contribution in [3.63, 3.8) is 0 Å². The van der Waals surface area contributed by atoms with Crippen LogP contribution < -0.4 is 0 Å². The van der Waals surface area contributed by atoms with Gasteiger partial charge < -0.3 is 5.11 Å². The van der Waals surface area contributed by atoms with Gasteiger partial charge in [-0.2, -0.15) is 0 Å². The van der Waals surface area contributed by atoms with Gasteiger partial charge in [0.15, 0.2) is 0 Å². The molecule has 0 unspecified atom stereocenters. The largest absolute Gasteiger partial charge is 0.392 e. The van der Waals surface area contributed by atoms with E-state index >= 15 is 0 Å². The molecule has 2 aromatic rings. The highest BCUT2D eigenvalue weighted by atomic mass is 35.5. The SMILES string of the molecule is CC(C)(C)c1cc(CO)c2c(Cl)cc(Cl)cc2n1. The van der Waals surface area contributed by atoms with Crippen LogP contribution in [-0.2, 0) is 12.0 Å². The second kappa shape index (κ2) is 4.69. The molecule has 0 saturated heterocycles. The van der Waals surface area contributed by atoms with Gasteiger partial charge in [-0.1, -0.05) is 44.0 Å². The number of pyridine rings is 1. The number of aliphatic hydroxyl groups excluding tert-OH is 1. The van der Waals surface area contributed by atoms with Gasteiger partial charge in [0, 0.05) is 21.5 Å². The number of aromatic nitrogens is 1. The molecule has 0 aliphatic rings. The Morgan fingerprint density at radius 1 is 1.17 bits per heavy atom. The summed E-state index contributed by atoms with van der Waals surface area (Å²) in [7, 11) is 0. The number of hydrogen-bond acceptors (Lipinski definition) is 2. The van der Waals surface area contributed by atoms with Gasteiger partial charge in [-0.25, -0.2) is 0 Å². The van der Waals surface area contributed by atoms with Crippen LogP contribution in [-0.4, -0.2) is 10.1 Å². The van der Waals surface area contributed by atoms with Gasteiger partial charge in [0.2, 0.25) is 0 Å². The zero-order valence-electron chi connectivity index (χ0n) is 10.6. The van der Waals surface area contributed by atoms with Gasteiger partial charge in [-0.15, -0.1) is 0 Å². The number of nitrogens with zero attached hydrogens (tertiary/aromatic N) is 1. The van der Waals surface area contributed by atoms with Gasteiger partial charge >= 0.3 is 0 Å². The lowest BCUT2D eigenvalue weighted by Crippen LogP contribution is -2.14. The molecule has 0 fully saturated rings. The zero-order valence-corrected chi connectivity index (χ0v) is 12.1. The van der Waals surface area contributed by atoms with Crippen molar-refractivity contribution in [1.29, 1.82) is 0 Å². The molecule has 1 heterocycles. The van der Waals surface area contributed by atoms with Crippen LogP contribution >= 0.6 is 23.2 Å². The molecule has 2 nitrogen and oxygen atoms in total. The molecular formula is C14H15Cl2NO. The first-order valence-electron chi connectivity index (χ1n) is 5.73. The average Bonchev–Trinajstić information content (AvgIpc) is 2.25. The molecule has 0 amide bonds. The molecule has 1 aromatic heterocycles. The van der Waals surface area contributed by atoms with Crippen molar-refractivity contribution < 1.29 is 5.11 Å². The van der Waals surface area contributed by atoms with Crippen molar-refractivity contribution in [2.24, 2.45) is 0 Å². The van der Waals surface area contributed by atoms with Crippen molar-refractivity contribution in [2.75, 3.05) is 0 Å². The quantitative estimate of drug-likeness (QED) is 0.845. The van der Waals surface area contributed by atoms with Crippen molar-refractivity contribution >= 4 is 34.1 Å². The minimum atomic E-state index is -0.0904. The first kappa shape index (κ1) is 13.6. The Bertz CT molecular complexity index is 603. The maximum atomic E-state index is 9.50. The number of hydrogen-bond donors (Lipinski definition) is 1. The summed E-state index contributed by atoms with van der Waals surface area (Å²) in [5.74, 6) is 0. The lowest BCUT2D eigenvalue weighted by molar-refractivity contribution is 0.283. The van der Waals surface area contributed by atoms with Gasteiger partial charge in [-0.3, -0.25) is 4.98 Å². The van der Waals surface area contributed by atoms with Gasteiger partial charge in [0.1, 0.15) is 0 Å². The van der Waals surface area contributed by atoms with Gasteiger partial charge in [0.05, 0.1) is 17.1 Å². The molecule has 18 heavy (non-hydrogen) atoms. The maximum absolute atomic E-state index is 9.50. The Morgan fingerprint density at radius 3 is 2.39 bits per heavy atom. The number of halogens is 2. The summed E-state index contributed by atoms with van der Waals surface area (Å²) in [5, 5.41) is 11.3. The van der Waals surface area contributed by atoms with Crippen LogP contribution in [0.2, 0.25) is 10.0 Å². The third-order valence-electron chi connectivity index (χ3n) is 2.85. The molecule has 0 atom stereocenters. The Balaban J connectivity index is 2.84. The van der Waals surface area contributed by atoms with Gasteiger partial charge in [0.25, 0.3) is 0 Å². The Morgan fingerprint density at radius 2 is 1.83 bits per heavy atom. The fourth-order valence-electron chi connectivity index (χ4n) is 1.87. The van der Waals surface area contributed by atoms with Crippen LogP contribution in [0.5, 0.6) is 0 Å². The minimum absolute atomic E-state index is 0.0660. The first-order valence-corrected chi connectivity index (χ1v) is 6.48. The Kier molecular flexibility index (Phi) is 3.54. The van der Waals surface area contributed by atoms with E-state index in [2.05, 4.69) is 25.8 Å². The van der Waals surface area contributed by atoms with Crippen LogP contribution in [0.25, 0.3) is 10.9 Å². The number of fused-ring (bicyclic) bond motifs is 1.